The molecule has 0 aliphatic rings. The van der Waals surface area contributed by atoms with Gasteiger partial charge in [-0.15, -0.1) is 0 Å². The number of hydrogen-bond donors (Lipinski definition) is 1. The number of para-hydroxylation sites is 1. The number of nitrogens with zero attached hydrogens (tertiary/aromatic N) is 1. The topological polar surface area (TPSA) is 68.0 Å². The van der Waals surface area contributed by atoms with Crippen LogP contribution in [-0.4, -0.2) is 9.55 Å². The van der Waals surface area contributed by atoms with Crippen molar-refractivity contribution in [3.05, 3.63) is 80.7 Å². The zero-order chi connectivity index (χ0) is 16.7. The predicted octanol–water partition coefficient (Wildman–Crippen LogP) is 2.99. The molecule has 0 atom stereocenters. The van der Waals surface area contributed by atoms with Crippen molar-refractivity contribution in [2.24, 2.45) is 0 Å². The van der Waals surface area contributed by atoms with Crippen molar-refractivity contribution in [2.75, 3.05) is 0 Å². The van der Waals surface area contributed by atoms with Crippen molar-refractivity contribution in [3.8, 4) is 0 Å². The first-order chi connectivity index (χ1) is 11.6. The lowest BCUT2D eigenvalue weighted by molar-refractivity contribution is 0.556. The smallest absolute Gasteiger partial charge is 0.336 e. The van der Waals surface area contributed by atoms with Crippen LogP contribution in [0.25, 0.3) is 21.9 Å². The third kappa shape index (κ3) is 2.34. The van der Waals surface area contributed by atoms with Crippen LogP contribution in [-0.2, 0) is 13.0 Å². The van der Waals surface area contributed by atoms with Crippen molar-refractivity contribution in [1.82, 2.24) is 9.55 Å². The van der Waals surface area contributed by atoms with Gasteiger partial charge in [0.2, 0.25) is 0 Å². The Bertz CT molecular complexity index is 1160. The maximum atomic E-state index is 12.7. The summed E-state index contributed by atoms with van der Waals surface area (Å²) in [6.07, 6.45) is 4.41. The molecule has 120 valence electrons. The molecule has 0 unspecified atom stereocenters. The van der Waals surface area contributed by atoms with Gasteiger partial charge in [-0.3, -0.25) is 4.79 Å². The van der Waals surface area contributed by atoms with Crippen LogP contribution < -0.4 is 11.2 Å². The molecule has 4 rings (SSSR count). The van der Waals surface area contributed by atoms with Crippen LogP contribution >= 0.6 is 0 Å². The summed E-state index contributed by atoms with van der Waals surface area (Å²) in [5.74, 6) is 0. The van der Waals surface area contributed by atoms with Gasteiger partial charge in [0, 0.05) is 35.9 Å². The quantitative estimate of drug-likeness (QED) is 0.631. The zero-order valence-corrected chi connectivity index (χ0v) is 13.2. The fourth-order valence-corrected chi connectivity index (χ4v) is 3.15. The first-order valence-electron chi connectivity index (χ1n) is 7.82. The van der Waals surface area contributed by atoms with Crippen LogP contribution in [0, 0.1) is 6.92 Å². The Morgan fingerprint density at radius 1 is 1.17 bits per heavy atom. The molecule has 0 fully saturated rings. The monoisotopic (exact) mass is 320 g/mol. The molecule has 0 amide bonds. The van der Waals surface area contributed by atoms with E-state index in [0.29, 0.717) is 23.1 Å². The lowest BCUT2D eigenvalue weighted by atomic mass is 10.1. The van der Waals surface area contributed by atoms with Gasteiger partial charge in [0.25, 0.3) is 5.56 Å². The highest BCUT2D eigenvalue weighted by Gasteiger charge is 2.10. The summed E-state index contributed by atoms with van der Waals surface area (Å²) in [5, 5.41) is 1.64. The number of aromatic nitrogens is 2. The van der Waals surface area contributed by atoms with Gasteiger partial charge in [-0.2, -0.15) is 0 Å². The zero-order valence-electron chi connectivity index (χ0n) is 13.2. The summed E-state index contributed by atoms with van der Waals surface area (Å²) >= 11 is 0. The average Bonchev–Trinajstić information content (AvgIpc) is 2.97. The van der Waals surface area contributed by atoms with Gasteiger partial charge in [-0.1, -0.05) is 18.2 Å². The lowest BCUT2D eigenvalue weighted by Crippen LogP contribution is -2.22. The van der Waals surface area contributed by atoms with Crippen molar-refractivity contribution in [1.29, 1.82) is 0 Å². The van der Waals surface area contributed by atoms with Crippen LogP contribution in [0.3, 0.4) is 0 Å². The first kappa shape index (κ1) is 14.5. The van der Waals surface area contributed by atoms with Gasteiger partial charge in [-0.25, -0.2) is 4.79 Å². The standard InChI is InChI=1S/C19H16N2O3/c1-12-10-17(22)24-16-7-9-21(19(23)18(12)16)8-6-13-11-20-15-5-3-2-4-14(13)15/h2-5,7,9-11,20H,6,8H2,1H3. The fourth-order valence-electron chi connectivity index (χ4n) is 3.15. The van der Waals surface area contributed by atoms with E-state index < -0.39 is 5.63 Å². The predicted molar refractivity (Wildman–Crippen MR) is 93.5 cm³/mol. The second-order valence-corrected chi connectivity index (χ2v) is 5.91. The maximum absolute atomic E-state index is 12.7. The summed E-state index contributed by atoms with van der Waals surface area (Å²) in [5.41, 5.74) is 2.69. The Morgan fingerprint density at radius 2 is 2.00 bits per heavy atom. The highest BCUT2D eigenvalue weighted by Crippen LogP contribution is 2.18. The molecule has 5 heteroatoms. The van der Waals surface area contributed by atoms with Crippen molar-refractivity contribution in [3.63, 3.8) is 0 Å². The second-order valence-electron chi connectivity index (χ2n) is 5.91. The largest absolute Gasteiger partial charge is 0.422 e. The van der Waals surface area contributed by atoms with E-state index in [1.807, 2.05) is 24.4 Å². The molecule has 1 N–H and O–H groups in total. The number of pyridine rings is 1. The van der Waals surface area contributed by atoms with Crippen LogP contribution in [0.15, 0.2) is 62.8 Å². The van der Waals surface area contributed by atoms with E-state index in [1.54, 1.807) is 23.8 Å². The molecule has 3 heterocycles. The molecule has 24 heavy (non-hydrogen) atoms. The summed E-state index contributed by atoms with van der Waals surface area (Å²) < 4.78 is 6.78. The highest BCUT2D eigenvalue weighted by atomic mass is 16.4. The van der Waals surface area contributed by atoms with Gasteiger partial charge >= 0.3 is 5.63 Å². The Kier molecular flexibility index (Phi) is 3.34. The number of hydrogen-bond acceptors (Lipinski definition) is 3. The van der Waals surface area contributed by atoms with E-state index in [0.717, 1.165) is 11.9 Å². The number of fused-ring (bicyclic) bond motifs is 2. The second kappa shape index (κ2) is 5.53. The van der Waals surface area contributed by atoms with Gasteiger partial charge in [-0.05, 0) is 36.6 Å². The van der Waals surface area contributed by atoms with E-state index >= 15 is 0 Å². The van der Waals surface area contributed by atoms with E-state index in [-0.39, 0.29) is 5.56 Å². The Balaban J connectivity index is 1.71. The number of nitrogens with one attached hydrogen (secondary N) is 1. The third-order valence-corrected chi connectivity index (χ3v) is 4.36. The fraction of sp³-hybridized carbons (Fsp3) is 0.158. The van der Waals surface area contributed by atoms with E-state index in [2.05, 4.69) is 11.1 Å². The Labute approximate surface area is 137 Å². The van der Waals surface area contributed by atoms with Crippen LogP contribution in [0.5, 0.6) is 0 Å². The van der Waals surface area contributed by atoms with Gasteiger partial charge in [0.1, 0.15) is 5.58 Å². The maximum Gasteiger partial charge on any atom is 0.336 e. The van der Waals surface area contributed by atoms with Crippen molar-refractivity contribution < 1.29 is 4.42 Å². The van der Waals surface area contributed by atoms with Gasteiger partial charge in [0.05, 0.1) is 5.39 Å². The van der Waals surface area contributed by atoms with Crippen molar-refractivity contribution in [2.45, 2.75) is 19.9 Å². The van der Waals surface area contributed by atoms with Crippen LogP contribution in [0.4, 0.5) is 0 Å². The van der Waals surface area contributed by atoms with Crippen LogP contribution in [0.1, 0.15) is 11.1 Å². The Hall–Kier alpha value is -3.08. The molecule has 0 bridgehead atoms. The molecule has 0 radical (unpaired) electrons. The molecule has 0 spiro atoms. The Morgan fingerprint density at radius 3 is 2.88 bits per heavy atom. The number of H-pyrrole nitrogens is 1. The minimum atomic E-state index is -0.434. The highest BCUT2D eigenvalue weighted by molar-refractivity contribution is 5.83. The minimum Gasteiger partial charge on any atom is -0.422 e. The molecule has 0 aliphatic carbocycles. The molecule has 4 aromatic rings. The molecule has 1 aromatic carbocycles. The third-order valence-electron chi connectivity index (χ3n) is 4.36. The minimum absolute atomic E-state index is 0.131. The average molecular weight is 320 g/mol. The SMILES string of the molecule is Cc1cc(=O)oc2ccn(CCc3c[nH]c4ccccc34)c(=O)c12. The molecule has 3 aromatic heterocycles. The number of rotatable bonds is 3. The van der Waals surface area contributed by atoms with Crippen molar-refractivity contribution >= 4 is 21.9 Å². The number of benzene rings is 1. The molecular formula is C19H16N2O3. The van der Waals surface area contributed by atoms with E-state index in [1.165, 1.54) is 17.0 Å². The summed E-state index contributed by atoms with van der Waals surface area (Å²) in [6, 6.07) is 11.1. The normalized spacial score (nSPS) is 11.4. The first-order valence-corrected chi connectivity index (χ1v) is 7.82. The molecule has 0 saturated carbocycles. The number of aryl methyl sites for hydroxylation is 3. The van der Waals surface area contributed by atoms with Gasteiger partial charge < -0.3 is 14.0 Å². The molecule has 5 nitrogen and oxygen atoms in total. The van der Waals surface area contributed by atoms with E-state index in [4.69, 9.17) is 4.42 Å². The summed E-state index contributed by atoms with van der Waals surface area (Å²) in [4.78, 5) is 27.4. The molecular weight excluding hydrogens is 304 g/mol. The summed E-state index contributed by atoms with van der Waals surface area (Å²) in [7, 11) is 0. The summed E-state index contributed by atoms with van der Waals surface area (Å²) in [6.45, 7) is 2.32. The van der Waals surface area contributed by atoms with Gasteiger partial charge in [0.15, 0.2) is 0 Å². The van der Waals surface area contributed by atoms with Crippen LogP contribution in [0.2, 0.25) is 0 Å². The molecule has 0 saturated heterocycles. The lowest BCUT2D eigenvalue weighted by Gasteiger charge is -2.07. The molecule has 0 aliphatic heterocycles. The van der Waals surface area contributed by atoms with E-state index in [9.17, 15) is 9.59 Å². The number of aromatic amines is 1.